The molecule has 1 unspecified atom stereocenters. The zero-order valence-corrected chi connectivity index (χ0v) is 35.7. The maximum absolute atomic E-state index is 13.9. The fourth-order valence-corrected chi connectivity index (χ4v) is 5.70. The van der Waals surface area contributed by atoms with Gasteiger partial charge in [-0.3, -0.25) is 19.2 Å². The first-order chi connectivity index (χ1) is 29.1. The molecule has 2 aromatic carbocycles. The van der Waals surface area contributed by atoms with Crippen molar-refractivity contribution in [2.24, 2.45) is 21.7 Å². The molecule has 1 fully saturated rings. The van der Waals surface area contributed by atoms with Crippen LogP contribution in [0.25, 0.3) is 10.9 Å². The second-order valence-corrected chi connectivity index (χ2v) is 17.8. The number of aryl methyl sites for hydroxylation is 2. The van der Waals surface area contributed by atoms with E-state index in [0.29, 0.717) is 31.0 Å². The van der Waals surface area contributed by atoms with Gasteiger partial charge in [-0.1, -0.05) is 24.3 Å². The van der Waals surface area contributed by atoms with Crippen LogP contribution in [-0.2, 0) is 55.8 Å². The minimum atomic E-state index is -1.68. The topological polar surface area (TPSA) is 138 Å². The minimum Gasteiger partial charge on any atom is -0.494 e. The van der Waals surface area contributed by atoms with E-state index in [1.165, 1.54) is 55.4 Å². The van der Waals surface area contributed by atoms with E-state index in [2.05, 4.69) is 0 Å². The lowest BCUT2D eigenvalue weighted by Gasteiger charge is -2.45. The lowest BCUT2D eigenvalue weighted by atomic mass is 9.93. The number of carbonyl (C=O) groups excluding carboxylic acids is 4. The Morgan fingerprint density at radius 3 is 1.90 bits per heavy atom. The average molecular weight is 832 g/mol. The van der Waals surface area contributed by atoms with Crippen molar-refractivity contribution in [1.29, 1.82) is 0 Å². The molecule has 0 spiro atoms. The van der Waals surface area contributed by atoms with E-state index in [0.717, 1.165) is 23.1 Å². The number of benzene rings is 2. The quantitative estimate of drug-likeness (QED) is 0.0670. The number of nitrogens with zero attached hydrogens (tertiary/aromatic N) is 1. The molecule has 12 nitrogen and oxygen atoms in total. The second-order valence-electron chi connectivity index (χ2n) is 17.4. The summed E-state index contributed by atoms with van der Waals surface area (Å²) in [6.07, 6.45) is -4.69. The molecule has 0 amide bonds. The first-order valence-electron chi connectivity index (χ1n) is 22.1. The summed E-state index contributed by atoms with van der Waals surface area (Å²) in [6.45, 7) is 11.1. The SMILES string of the molecule is [2H]CC(C)(C)C(=O)OC[C@H]1OC(Oc2cccc3ccn(CCc4ccc(OCCCCl)cc4)c23)[C@H](OC(=O)C(C)(C)C[2H])[C@@H](OC(=O)C(C)(C)C[2H])[C@@H]1OC(=O)C(C)(C)C[2H]. The van der Waals surface area contributed by atoms with Gasteiger partial charge in [-0.05, 0) is 126 Å². The number of carbonyl (C=O) groups is 4. The summed E-state index contributed by atoms with van der Waals surface area (Å²) in [5, 5.41) is 0.804. The fourth-order valence-electron chi connectivity index (χ4n) is 5.59. The molecule has 13 heteroatoms. The van der Waals surface area contributed by atoms with Crippen molar-refractivity contribution in [2.75, 3.05) is 19.1 Å². The highest BCUT2D eigenvalue weighted by Crippen LogP contribution is 2.37. The van der Waals surface area contributed by atoms with Crippen LogP contribution < -0.4 is 9.47 Å². The predicted molar refractivity (Wildman–Crippen MR) is 221 cm³/mol. The van der Waals surface area contributed by atoms with Gasteiger partial charge in [0.15, 0.2) is 12.2 Å². The van der Waals surface area contributed by atoms with Crippen LogP contribution in [0.15, 0.2) is 54.7 Å². The van der Waals surface area contributed by atoms with Gasteiger partial charge in [-0.25, -0.2) is 0 Å². The van der Waals surface area contributed by atoms with Crippen LogP contribution >= 0.6 is 11.6 Å². The Balaban J connectivity index is 1.83. The summed E-state index contributed by atoms with van der Waals surface area (Å²) in [5.41, 5.74) is -3.63. The highest BCUT2D eigenvalue weighted by atomic mass is 35.5. The van der Waals surface area contributed by atoms with Gasteiger partial charge in [-0.15, -0.1) is 11.6 Å². The molecule has 4 rings (SSSR count). The molecule has 0 bridgehead atoms. The van der Waals surface area contributed by atoms with Gasteiger partial charge < -0.3 is 37.7 Å². The number of fused-ring (bicyclic) bond motifs is 1. The molecule has 320 valence electrons. The molecule has 1 aromatic heterocycles. The van der Waals surface area contributed by atoms with Crippen LogP contribution in [0.5, 0.6) is 11.5 Å². The summed E-state index contributed by atoms with van der Waals surface area (Å²) in [4.78, 5) is 54.8. The van der Waals surface area contributed by atoms with E-state index in [1.54, 1.807) is 12.1 Å². The van der Waals surface area contributed by atoms with Gasteiger partial charge in [0.2, 0.25) is 12.4 Å². The lowest BCUT2D eigenvalue weighted by Crippen LogP contribution is -2.64. The molecule has 0 aliphatic carbocycles. The van der Waals surface area contributed by atoms with Gasteiger partial charge in [0.1, 0.15) is 24.2 Å². The van der Waals surface area contributed by atoms with Gasteiger partial charge in [0.05, 0.1) is 33.8 Å². The number of hydrogen-bond acceptors (Lipinski definition) is 11. The molecule has 0 N–H and O–H groups in total. The maximum atomic E-state index is 13.9. The molecule has 1 aliphatic heterocycles. The molecule has 0 saturated carbocycles. The van der Waals surface area contributed by atoms with Crippen LogP contribution in [-0.4, -0.2) is 78.2 Å². The fraction of sp³-hybridized carbons (Fsp3) is 0.600. The summed E-state index contributed by atoms with van der Waals surface area (Å²) < 4.78 is 76.9. The average Bonchev–Trinajstić information content (AvgIpc) is 3.68. The van der Waals surface area contributed by atoms with Crippen molar-refractivity contribution >= 4 is 46.4 Å². The Kier molecular flexibility index (Phi) is 13.1. The predicted octanol–water partition coefficient (Wildman–Crippen LogP) is 8.46. The molecule has 5 atom stereocenters. The highest BCUT2D eigenvalue weighted by molar-refractivity contribution is 6.17. The van der Waals surface area contributed by atoms with Crippen LogP contribution in [0.4, 0.5) is 0 Å². The number of hydrogen-bond donors (Lipinski definition) is 0. The summed E-state index contributed by atoms with van der Waals surface area (Å²) in [6, 6.07) is 15.1. The molecular weight excluding hydrogens is 766 g/mol. The zero-order valence-electron chi connectivity index (χ0n) is 39.0. The molecular formula is C45H62ClNO11. The van der Waals surface area contributed by atoms with Gasteiger partial charge in [0, 0.05) is 29.5 Å². The molecule has 1 saturated heterocycles. The third-order valence-electron chi connectivity index (χ3n) is 9.02. The van der Waals surface area contributed by atoms with E-state index in [4.69, 9.17) is 50.2 Å². The van der Waals surface area contributed by atoms with Crippen LogP contribution in [0.1, 0.15) is 100 Å². The van der Waals surface area contributed by atoms with Crippen molar-refractivity contribution < 1.29 is 57.8 Å². The van der Waals surface area contributed by atoms with Crippen molar-refractivity contribution in [3.8, 4) is 11.5 Å². The van der Waals surface area contributed by atoms with Crippen molar-refractivity contribution in [3.63, 3.8) is 0 Å². The van der Waals surface area contributed by atoms with Crippen LogP contribution in [0.2, 0.25) is 0 Å². The Morgan fingerprint density at radius 2 is 1.31 bits per heavy atom. The largest absolute Gasteiger partial charge is 0.494 e. The van der Waals surface area contributed by atoms with E-state index < -0.39 is 89.7 Å². The van der Waals surface area contributed by atoms with Crippen molar-refractivity contribution in [2.45, 2.75) is 133 Å². The Labute approximate surface area is 353 Å². The standard InChI is InChI=1S/C45H62ClNO11/c1-42(2,3)38(48)53-27-32-34(56-39(49)43(4,5)6)35(57-40(50)44(7,8)9)36(58-41(51)45(10,11)12)37(55-32)54-31-16-13-15-29-22-25-47(33(29)31)24-21-28-17-19-30(20-18-28)52-26-14-23-46/h13,15-20,22,25,32,34-37H,14,21,23-24,26-27H2,1-12H3/t32-,34-,35+,36-,37?/m1/s1/i1D,4D,7D,10D. The molecule has 2 heterocycles. The third-order valence-corrected chi connectivity index (χ3v) is 9.28. The number of alkyl halides is 1. The van der Waals surface area contributed by atoms with Crippen LogP contribution in [0.3, 0.4) is 0 Å². The van der Waals surface area contributed by atoms with E-state index in [1.807, 2.05) is 47.2 Å². The Hall–Kier alpha value is -4.29. The second kappa shape index (κ2) is 18.7. The molecule has 1 aliphatic rings. The van der Waals surface area contributed by atoms with Crippen molar-refractivity contribution in [1.82, 2.24) is 4.57 Å². The first kappa shape index (κ1) is 40.5. The van der Waals surface area contributed by atoms with Crippen molar-refractivity contribution in [3.05, 3.63) is 60.3 Å². The summed E-state index contributed by atoms with van der Waals surface area (Å²) >= 11 is 5.78. The van der Waals surface area contributed by atoms with E-state index in [-0.39, 0.29) is 26.4 Å². The molecule has 3 aromatic rings. The first-order valence-corrected chi connectivity index (χ1v) is 19.8. The van der Waals surface area contributed by atoms with Gasteiger partial charge in [-0.2, -0.15) is 0 Å². The summed E-state index contributed by atoms with van der Waals surface area (Å²) in [5.74, 6) is -1.85. The highest BCUT2D eigenvalue weighted by Gasteiger charge is 2.55. The number of aromatic nitrogens is 1. The van der Waals surface area contributed by atoms with Gasteiger partial charge >= 0.3 is 23.9 Å². The van der Waals surface area contributed by atoms with E-state index in [9.17, 15) is 19.2 Å². The Bertz CT molecular complexity index is 1990. The molecule has 0 radical (unpaired) electrons. The lowest BCUT2D eigenvalue weighted by molar-refractivity contribution is -0.293. The number of ether oxygens (including phenoxy) is 7. The smallest absolute Gasteiger partial charge is 0.311 e. The number of esters is 4. The third kappa shape index (κ3) is 12.4. The van der Waals surface area contributed by atoms with Gasteiger partial charge in [0.25, 0.3) is 0 Å². The minimum absolute atomic E-state index is 0.287. The summed E-state index contributed by atoms with van der Waals surface area (Å²) in [7, 11) is 0. The number of para-hydroxylation sites is 1. The van der Waals surface area contributed by atoms with Crippen LogP contribution in [0, 0.1) is 21.7 Å². The monoisotopic (exact) mass is 831 g/mol. The zero-order chi connectivity index (χ0) is 46.0. The number of halogens is 1. The maximum Gasteiger partial charge on any atom is 0.311 e. The Morgan fingerprint density at radius 1 is 0.741 bits per heavy atom. The van der Waals surface area contributed by atoms with E-state index >= 15 is 0 Å². The number of rotatable bonds is 14. The normalized spacial score (nSPS) is 21.2. The molecule has 58 heavy (non-hydrogen) atoms.